The van der Waals surface area contributed by atoms with E-state index in [1.165, 1.54) is 12.3 Å². The molecule has 0 aliphatic carbocycles. The first-order chi connectivity index (χ1) is 11.1. The van der Waals surface area contributed by atoms with Crippen molar-refractivity contribution in [1.29, 1.82) is 0 Å². The zero-order chi connectivity index (χ0) is 16.8. The van der Waals surface area contributed by atoms with Crippen LogP contribution in [0.25, 0.3) is 0 Å². The topological polar surface area (TPSA) is 82.8 Å². The van der Waals surface area contributed by atoms with Gasteiger partial charge >= 0.3 is 11.9 Å². The number of rotatable bonds is 6. The van der Waals surface area contributed by atoms with Crippen molar-refractivity contribution in [2.45, 2.75) is 5.92 Å². The van der Waals surface area contributed by atoms with E-state index in [9.17, 15) is 14.4 Å². The molecule has 0 amide bonds. The normalized spacial score (nSPS) is 11.8. The van der Waals surface area contributed by atoms with Crippen molar-refractivity contribution in [1.82, 2.24) is 0 Å². The van der Waals surface area contributed by atoms with E-state index in [0.29, 0.717) is 5.56 Å². The van der Waals surface area contributed by atoms with Crippen LogP contribution < -0.4 is 0 Å². The van der Waals surface area contributed by atoms with Crippen LogP contribution in [0.5, 0.6) is 0 Å². The highest BCUT2D eigenvalue weighted by Gasteiger charge is 2.43. The maximum atomic E-state index is 12.8. The van der Waals surface area contributed by atoms with E-state index in [0.717, 1.165) is 14.2 Å². The van der Waals surface area contributed by atoms with Gasteiger partial charge < -0.3 is 13.9 Å². The molecule has 23 heavy (non-hydrogen) atoms. The second-order valence-corrected chi connectivity index (χ2v) is 4.75. The number of Topliss-reactive ketones (excluding diaryl/α,β-unsaturated/α-hetero) is 1. The lowest BCUT2D eigenvalue weighted by atomic mass is 9.82. The highest BCUT2D eigenvalue weighted by Crippen LogP contribution is 2.31. The third-order valence-corrected chi connectivity index (χ3v) is 3.45. The summed E-state index contributed by atoms with van der Waals surface area (Å²) < 4.78 is 14.5. The van der Waals surface area contributed by atoms with Crippen molar-refractivity contribution in [3.8, 4) is 0 Å². The highest BCUT2D eigenvalue weighted by atomic mass is 16.5. The number of carbonyl (C=O) groups excluding carboxylic acids is 3. The lowest BCUT2D eigenvalue weighted by Gasteiger charge is -2.22. The molecule has 120 valence electrons. The number of furan rings is 1. The molecule has 0 N–H and O–H groups in total. The maximum Gasteiger partial charge on any atom is 0.321 e. The standard InChI is InChI=1S/C17H16O6/c1-21-16(19)14(17(20)22-2)13(11-7-4-3-5-8-11)15(18)12-9-6-10-23-12/h3-10,13-14H,1-2H3. The molecule has 0 radical (unpaired) electrons. The quantitative estimate of drug-likeness (QED) is 0.461. The van der Waals surface area contributed by atoms with E-state index in [1.54, 1.807) is 36.4 Å². The zero-order valence-corrected chi connectivity index (χ0v) is 12.7. The molecular weight excluding hydrogens is 300 g/mol. The Morgan fingerprint density at radius 1 is 0.913 bits per heavy atom. The fourth-order valence-corrected chi connectivity index (χ4v) is 2.35. The minimum atomic E-state index is -1.41. The van der Waals surface area contributed by atoms with Gasteiger partial charge in [-0.2, -0.15) is 0 Å². The van der Waals surface area contributed by atoms with Gasteiger partial charge in [0, 0.05) is 0 Å². The minimum Gasteiger partial charge on any atom is -0.468 e. The van der Waals surface area contributed by atoms with Crippen LogP contribution in [0.4, 0.5) is 0 Å². The molecule has 0 saturated carbocycles. The van der Waals surface area contributed by atoms with Gasteiger partial charge in [-0.3, -0.25) is 14.4 Å². The SMILES string of the molecule is COC(=O)C(C(=O)OC)C(C(=O)c1ccco1)c1ccccc1. The van der Waals surface area contributed by atoms with Crippen LogP contribution in [-0.2, 0) is 19.1 Å². The van der Waals surface area contributed by atoms with Crippen LogP contribution >= 0.6 is 0 Å². The fourth-order valence-electron chi connectivity index (χ4n) is 2.35. The van der Waals surface area contributed by atoms with Crippen LogP contribution in [0.1, 0.15) is 22.0 Å². The van der Waals surface area contributed by atoms with Gasteiger partial charge in [0.15, 0.2) is 11.7 Å². The monoisotopic (exact) mass is 316 g/mol. The number of esters is 2. The third kappa shape index (κ3) is 3.48. The predicted octanol–water partition coefficient (Wildman–Crippen LogP) is 2.21. The Morgan fingerprint density at radius 2 is 1.52 bits per heavy atom. The molecule has 6 heteroatoms. The largest absolute Gasteiger partial charge is 0.468 e. The van der Waals surface area contributed by atoms with Crippen LogP contribution in [0.3, 0.4) is 0 Å². The number of carbonyl (C=O) groups is 3. The van der Waals surface area contributed by atoms with Gasteiger partial charge in [-0.15, -0.1) is 0 Å². The molecule has 2 rings (SSSR count). The first-order valence-corrected chi connectivity index (χ1v) is 6.88. The van der Waals surface area contributed by atoms with E-state index in [1.807, 2.05) is 0 Å². The summed E-state index contributed by atoms with van der Waals surface area (Å²) >= 11 is 0. The van der Waals surface area contributed by atoms with Gasteiger partial charge in [0.25, 0.3) is 0 Å². The van der Waals surface area contributed by atoms with Gasteiger partial charge in [0.2, 0.25) is 5.78 Å². The highest BCUT2D eigenvalue weighted by molar-refractivity contribution is 6.07. The Balaban J connectivity index is 2.53. The number of benzene rings is 1. The zero-order valence-electron chi connectivity index (χ0n) is 12.7. The van der Waals surface area contributed by atoms with Crippen molar-refractivity contribution in [3.05, 3.63) is 60.1 Å². The predicted molar refractivity (Wildman–Crippen MR) is 79.7 cm³/mol. The summed E-state index contributed by atoms with van der Waals surface area (Å²) in [6, 6.07) is 11.5. The van der Waals surface area contributed by atoms with Crippen LogP contribution in [0.2, 0.25) is 0 Å². The fraction of sp³-hybridized carbons (Fsp3) is 0.235. The van der Waals surface area contributed by atoms with Crippen LogP contribution in [0.15, 0.2) is 53.1 Å². The van der Waals surface area contributed by atoms with E-state index in [4.69, 9.17) is 4.42 Å². The molecule has 1 unspecified atom stereocenters. The number of methoxy groups -OCH3 is 2. The summed E-state index contributed by atoms with van der Waals surface area (Å²) in [6.07, 6.45) is 1.35. The molecule has 0 bridgehead atoms. The van der Waals surface area contributed by atoms with Crippen LogP contribution in [-0.4, -0.2) is 31.9 Å². The first-order valence-electron chi connectivity index (χ1n) is 6.88. The summed E-state index contributed by atoms with van der Waals surface area (Å²) in [5.41, 5.74) is 0.495. The van der Waals surface area contributed by atoms with Gasteiger partial charge in [0.05, 0.1) is 26.4 Å². The Morgan fingerprint density at radius 3 is 2.00 bits per heavy atom. The van der Waals surface area contributed by atoms with Crippen molar-refractivity contribution in [2.24, 2.45) is 5.92 Å². The molecule has 2 aromatic rings. The van der Waals surface area contributed by atoms with Gasteiger partial charge in [-0.1, -0.05) is 30.3 Å². The Hall–Kier alpha value is -2.89. The van der Waals surface area contributed by atoms with Crippen LogP contribution in [0, 0.1) is 5.92 Å². The molecule has 1 heterocycles. The molecule has 6 nitrogen and oxygen atoms in total. The molecular formula is C17H16O6. The van der Waals surface area contributed by atoms with E-state index in [2.05, 4.69) is 9.47 Å². The van der Waals surface area contributed by atoms with Gasteiger partial charge in [-0.25, -0.2) is 0 Å². The Labute approximate surface area is 133 Å². The lowest BCUT2D eigenvalue weighted by Crippen LogP contribution is -2.36. The van der Waals surface area contributed by atoms with Crippen molar-refractivity contribution >= 4 is 17.7 Å². The summed E-state index contributed by atoms with van der Waals surface area (Å²) in [5.74, 6) is -4.64. The molecule has 0 aliphatic rings. The number of hydrogen-bond acceptors (Lipinski definition) is 6. The average Bonchev–Trinajstić information content (AvgIpc) is 3.13. The molecule has 0 spiro atoms. The molecule has 1 aromatic heterocycles. The van der Waals surface area contributed by atoms with Gasteiger partial charge in [-0.05, 0) is 17.7 Å². The summed E-state index contributed by atoms with van der Waals surface area (Å²) in [7, 11) is 2.30. The maximum absolute atomic E-state index is 12.8. The second kappa shape index (κ2) is 7.40. The summed E-state index contributed by atoms with van der Waals surface area (Å²) in [4.78, 5) is 37.0. The first kappa shape index (κ1) is 16.5. The van der Waals surface area contributed by atoms with E-state index < -0.39 is 29.6 Å². The second-order valence-electron chi connectivity index (χ2n) is 4.75. The number of ether oxygens (including phenoxy) is 2. The molecule has 1 atom stereocenters. The number of ketones is 1. The Bertz CT molecular complexity index is 658. The number of hydrogen-bond donors (Lipinski definition) is 0. The lowest BCUT2D eigenvalue weighted by molar-refractivity contribution is -0.159. The molecule has 0 aliphatic heterocycles. The van der Waals surface area contributed by atoms with E-state index in [-0.39, 0.29) is 5.76 Å². The minimum absolute atomic E-state index is 0.0525. The summed E-state index contributed by atoms with van der Waals surface area (Å²) in [6.45, 7) is 0. The van der Waals surface area contributed by atoms with E-state index >= 15 is 0 Å². The molecule has 0 fully saturated rings. The van der Waals surface area contributed by atoms with Crippen molar-refractivity contribution in [2.75, 3.05) is 14.2 Å². The third-order valence-electron chi connectivity index (χ3n) is 3.45. The summed E-state index contributed by atoms with van der Waals surface area (Å²) in [5, 5.41) is 0. The van der Waals surface area contributed by atoms with Crippen molar-refractivity contribution < 1.29 is 28.3 Å². The molecule has 0 saturated heterocycles. The molecule has 1 aromatic carbocycles. The average molecular weight is 316 g/mol. The smallest absolute Gasteiger partial charge is 0.321 e. The Kier molecular flexibility index (Phi) is 5.30. The van der Waals surface area contributed by atoms with Crippen molar-refractivity contribution in [3.63, 3.8) is 0 Å². The van der Waals surface area contributed by atoms with Gasteiger partial charge in [0.1, 0.15) is 0 Å².